The minimum Gasteiger partial charge on any atom is -0.508 e. The van der Waals surface area contributed by atoms with E-state index in [1.54, 1.807) is 24.1 Å². The van der Waals surface area contributed by atoms with Gasteiger partial charge in [0.25, 0.3) is 0 Å². The standard InChI is InChI=1S/C16H26N2O2/c1-12(13-8-6-7-9-14(13)19)18(5)15(20)10-11-17-16(2,3)4/h6-9,12,17,19H,10-11H2,1-5H3. The molecule has 0 saturated carbocycles. The highest BCUT2D eigenvalue weighted by Gasteiger charge is 2.19. The molecule has 0 bridgehead atoms. The molecule has 4 heteroatoms. The van der Waals surface area contributed by atoms with E-state index in [0.717, 1.165) is 5.56 Å². The number of hydrogen-bond acceptors (Lipinski definition) is 3. The van der Waals surface area contributed by atoms with Crippen molar-refractivity contribution in [2.24, 2.45) is 0 Å². The Morgan fingerprint density at radius 1 is 1.35 bits per heavy atom. The molecule has 1 unspecified atom stereocenters. The van der Waals surface area contributed by atoms with Crippen molar-refractivity contribution in [2.75, 3.05) is 13.6 Å². The maximum Gasteiger partial charge on any atom is 0.224 e. The SMILES string of the molecule is CC(c1ccccc1O)N(C)C(=O)CCNC(C)(C)C. The molecule has 1 aromatic carbocycles. The first-order valence-electron chi connectivity index (χ1n) is 7.01. The number of hydrogen-bond donors (Lipinski definition) is 2. The van der Waals surface area contributed by atoms with Crippen LogP contribution in [0.2, 0.25) is 0 Å². The summed E-state index contributed by atoms with van der Waals surface area (Å²) >= 11 is 0. The van der Waals surface area contributed by atoms with Crippen LogP contribution in [-0.4, -0.2) is 35.0 Å². The van der Waals surface area contributed by atoms with E-state index in [4.69, 9.17) is 0 Å². The van der Waals surface area contributed by atoms with Crippen LogP contribution in [0.15, 0.2) is 24.3 Å². The first-order valence-corrected chi connectivity index (χ1v) is 7.01. The van der Waals surface area contributed by atoms with Crippen molar-refractivity contribution in [2.45, 2.75) is 45.7 Å². The van der Waals surface area contributed by atoms with Crippen LogP contribution in [-0.2, 0) is 4.79 Å². The highest BCUT2D eigenvalue weighted by molar-refractivity contribution is 5.76. The van der Waals surface area contributed by atoms with E-state index in [0.29, 0.717) is 13.0 Å². The van der Waals surface area contributed by atoms with Crippen LogP contribution in [0.1, 0.15) is 45.7 Å². The van der Waals surface area contributed by atoms with E-state index in [-0.39, 0.29) is 23.2 Å². The summed E-state index contributed by atoms with van der Waals surface area (Å²) in [5.41, 5.74) is 0.787. The van der Waals surface area contributed by atoms with Gasteiger partial charge < -0.3 is 15.3 Å². The van der Waals surface area contributed by atoms with Crippen molar-refractivity contribution in [3.63, 3.8) is 0 Å². The Morgan fingerprint density at radius 3 is 2.50 bits per heavy atom. The number of para-hydroxylation sites is 1. The predicted octanol–water partition coefficient (Wildman–Crippen LogP) is 2.69. The molecule has 0 aliphatic carbocycles. The largest absolute Gasteiger partial charge is 0.508 e. The molecule has 112 valence electrons. The lowest BCUT2D eigenvalue weighted by Crippen LogP contribution is -2.39. The van der Waals surface area contributed by atoms with Crippen LogP contribution >= 0.6 is 0 Å². The van der Waals surface area contributed by atoms with Crippen molar-refractivity contribution in [3.8, 4) is 5.75 Å². The van der Waals surface area contributed by atoms with Gasteiger partial charge in [-0.15, -0.1) is 0 Å². The first kappa shape index (κ1) is 16.5. The summed E-state index contributed by atoms with van der Waals surface area (Å²) in [6, 6.07) is 6.99. The summed E-state index contributed by atoms with van der Waals surface area (Å²) in [4.78, 5) is 13.8. The fraction of sp³-hybridized carbons (Fsp3) is 0.562. The van der Waals surface area contributed by atoms with E-state index >= 15 is 0 Å². The third-order valence-electron chi connectivity index (χ3n) is 3.36. The van der Waals surface area contributed by atoms with Gasteiger partial charge in [0.2, 0.25) is 5.91 Å². The molecule has 1 amide bonds. The maximum atomic E-state index is 12.2. The van der Waals surface area contributed by atoms with E-state index in [2.05, 4.69) is 26.1 Å². The van der Waals surface area contributed by atoms with Crippen LogP contribution in [0.25, 0.3) is 0 Å². The van der Waals surface area contributed by atoms with Crippen LogP contribution in [0.3, 0.4) is 0 Å². The molecule has 0 radical (unpaired) electrons. The summed E-state index contributed by atoms with van der Waals surface area (Å²) in [7, 11) is 1.77. The summed E-state index contributed by atoms with van der Waals surface area (Å²) in [5, 5.41) is 13.1. The van der Waals surface area contributed by atoms with Crippen molar-refractivity contribution in [1.29, 1.82) is 0 Å². The van der Waals surface area contributed by atoms with Gasteiger partial charge in [-0.3, -0.25) is 4.79 Å². The second kappa shape index (κ2) is 6.75. The minimum atomic E-state index is -0.140. The number of carbonyl (C=O) groups is 1. The van der Waals surface area contributed by atoms with Gasteiger partial charge in [0.1, 0.15) is 5.75 Å². The van der Waals surface area contributed by atoms with E-state index in [1.807, 2.05) is 19.1 Å². The molecule has 0 aliphatic rings. The lowest BCUT2D eigenvalue weighted by molar-refractivity contribution is -0.131. The van der Waals surface area contributed by atoms with Crippen molar-refractivity contribution in [1.82, 2.24) is 10.2 Å². The van der Waals surface area contributed by atoms with Crippen LogP contribution in [0.5, 0.6) is 5.75 Å². The number of aromatic hydroxyl groups is 1. The molecule has 0 heterocycles. The lowest BCUT2D eigenvalue weighted by Gasteiger charge is -2.27. The fourth-order valence-electron chi connectivity index (χ4n) is 1.99. The van der Waals surface area contributed by atoms with Gasteiger partial charge in [0.15, 0.2) is 0 Å². The summed E-state index contributed by atoms with van der Waals surface area (Å²) < 4.78 is 0. The molecule has 0 aliphatic heterocycles. The number of carbonyl (C=O) groups excluding carboxylic acids is 1. The minimum absolute atomic E-state index is 0.0160. The topological polar surface area (TPSA) is 52.6 Å². The molecule has 0 saturated heterocycles. The Kier molecular flexibility index (Phi) is 5.57. The molecule has 1 rings (SSSR count). The number of nitrogens with one attached hydrogen (secondary N) is 1. The van der Waals surface area contributed by atoms with Crippen LogP contribution in [0.4, 0.5) is 0 Å². The normalized spacial score (nSPS) is 13.1. The number of phenols is 1. The Balaban J connectivity index is 2.59. The van der Waals surface area contributed by atoms with Crippen LogP contribution in [0, 0.1) is 0 Å². The third-order valence-corrected chi connectivity index (χ3v) is 3.36. The van der Waals surface area contributed by atoms with E-state index < -0.39 is 0 Å². The smallest absolute Gasteiger partial charge is 0.224 e. The lowest BCUT2D eigenvalue weighted by atomic mass is 10.1. The molecular formula is C16H26N2O2. The Bertz CT molecular complexity index is 452. The predicted molar refractivity (Wildman–Crippen MR) is 81.7 cm³/mol. The molecule has 0 aromatic heterocycles. The number of rotatable bonds is 5. The molecule has 4 nitrogen and oxygen atoms in total. The van der Waals surface area contributed by atoms with Gasteiger partial charge in [-0.05, 0) is 33.8 Å². The Labute approximate surface area is 121 Å². The number of nitrogens with zero attached hydrogens (tertiary/aromatic N) is 1. The van der Waals surface area contributed by atoms with Crippen molar-refractivity contribution in [3.05, 3.63) is 29.8 Å². The number of benzene rings is 1. The quantitative estimate of drug-likeness (QED) is 0.870. The monoisotopic (exact) mass is 278 g/mol. The second-order valence-electron chi connectivity index (χ2n) is 6.17. The Morgan fingerprint density at radius 2 is 1.95 bits per heavy atom. The fourth-order valence-corrected chi connectivity index (χ4v) is 1.99. The van der Waals surface area contributed by atoms with Gasteiger partial charge in [-0.2, -0.15) is 0 Å². The summed E-state index contributed by atoms with van der Waals surface area (Å²) in [5.74, 6) is 0.296. The maximum absolute atomic E-state index is 12.2. The average Bonchev–Trinajstić information content (AvgIpc) is 2.36. The first-order chi connectivity index (χ1) is 9.22. The van der Waals surface area contributed by atoms with Gasteiger partial charge >= 0.3 is 0 Å². The molecule has 1 atom stereocenters. The van der Waals surface area contributed by atoms with Crippen molar-refractivity contribution < 1.29 is 9.90 Å². The number of phenolic OH excluding ortho intramolecular Hbond substituents is 1. The van der Waals surface area contributed by atoms with Gasteiger partial charge in [0, 0.05) is 31.1 Å². The third kappa shape index (κ3) is 4.85. The van der Waals surface area contributed by atoms with E-state index in [9.17, 15) is 9.90 Å². The van der Waals surface area contributed by atoms with Gasteiger partial charge in [-0.1, -0.05) is 18.2 Å². The number of amides is 1. The molecule has 0 spiro atoms. The van der Waals surface area contributed by atoms with Gasteiger partial charge in [-0.25, -0.2) is 0 Å². The van der Waals surface area contributed by atoms with Crippen LogP contribution < -0.4 is 5.32 Å². The second-order valence-corrected chi connectivity index (χ2v) is 6.17. The zero-order chi connectivity index (χ0) is 15.3. The zero-order valence-corrected chi connectivity index (χ0v) is 13.1. The Hall–Kier alpha value is -1.55. The zero-order valence-electron chi connectivity index (χ0n) is 13.1. The summed E-state index contributed by atoms with van der Waals surface area (Å²) in [6.45, 7) is 8.80. The summed E-state index contributed by atoms with van der Waals surface area (Å²) in [6.07, 6.45) is 0.450. The van der Waals surface area contributed by atoms with E-state index in [1.165, 1.54) is 0 Å². The molecule has 0 fully saturated rings. The highest BCUT2D eigenvalue weighted by Crippen LogP contribution is 2.27. The van der Waals surface area contributed by atoms with Crippen molar-refractivity contribution >= 4 is 5.91 Å². The molecule has 2 N–H and O–H groups in total. The van der Waals surface area contributed by atoms with Gasteiger partial charge in [0.05, 0.1) is 6.04 Å². The molecule has 20 heavy (non-hydrogen) atoms. The molecular weight excluding hydrogens is 252 g/mol. The highest BCUT2D eigenvalue weighted by atomic mass is 16.3. The average molecular weight is 278 g/mol. The molecule has 1 aromatic rings.